The second kappa shape index (κ2) is 5.59. The normalized spacial score (nSPS) is 21.3. The number of hydrogen-bond acceptors (Lipinski definition) is 4. The fourth-order valence-corrected chi connectivity index (χ4v) is 2.01. The van der Waals surface area contributed by atoms with Crippen molar-refractivity contribution < 1.29 is 19.4 Å². The van der Waals surface area contributed by atoms with E-state index < -0.39 is 5.79 Å². The number of phenolic OH excluding ortho intramolecular Hbond substituents is 1. The molecule has 1 fully saturated rings. The van der Waals surface area contributed by atoms with E-state index in [4.69, 9.17) is 9.47 Å². The second-order valence-corrected chi connectivity index (χ2v) is 5.10. The molecule has 1 aromatic carbocycles. The highest BCUT2D eigenvalue weighted by atomic mass is 16.7. The summed E-state index contributed by atoms with van der Waals surface area (Å²) in [5.74, 6) is -0.501. The molecule has 0 bridgehead atoms. The van der Waals surface area contributed by atoms with Crippen molar-refractivity contribution >= 4 is 5.91 Å². The molecule has 0 spiro atoms. The van der Waals surface area contributed by atoms with Crippen LogP contribution in [0.4, 0.5) is 0 Å². The lowest BCUT2D eigenvalue weighted by Gasteiger charge is -2.17. The molecule has 0 aliphatic carbocycles. The van der Waals surface area contributed by atoms with Gasteiger partial charge in [0.05, 0.1) is 13.0 Å². The van der Waals surface area contributed by atoms with Crippen molar-refractivity contribution in [2.24, 2.45) is 0 Å². The third kappa shape index (κ3) is 4.22. The Morgan fingerprint density at radius 2 is 2.32 bits per heavy atom. The summed E-state index contributed by atoms with van der Waals surface area (Å²) in [4.78, 5) is 11.8. The number of benzene rings is 1. The van der Waals surface area contributed by atoms with Crippen molar-refractivity contribution in [1.82, 2.24) is 5.32 Å². The average molecular weight is 265 g/mol. The van der Waals surface area contributed by atoms with Crippen LogP contribution in [-0.4, -0.2) is 36.1 Å². The summed E-state index contributed by atoms with van der Waals surface area (Å²) in [5.41, 5.74) is 0.779. The lowest BCUT2D eigenvalue weighted by Crippen LogP contribution is -2.35. The van der Waals surface area contributed by atoms with E-state index in [-0.39, 0.29) is 24.2 Å². The highest BCUT2D eigenvalue weighted by Gasteiger charge is 2.32. The van der Waals surface area contributed by atoms with E-state index in [2.05, 4.69) is 5.32 Å². The Kier molecular flexibility index (Phi) is 4.07. The fourth-order valence-electron chi connectivity index (χ4n) is 2.01. The smallest absolute Gasteiger partial charge is 0.224 e. The van der Waals surface area contributed by atoms with E-state index in [0.717, 1.165) is 5.56 Å². The van der Waals surface area contributed by atoms with Crippen LogP contribution in [0.15, 0.2) is 24.3 Å². The molecular formula is C14H19NO4. The molecule has 2 rings (SSSR count). The summed E-state index contributed by atoms with van der Waals surface area (Å²) < 4.78 is 11.0. The molecule has 1 unspecified atom stereocenters. The monoisotopic (exact) mass is 265 g/mol. The van der Waals surface area contributed by atoms with Gasteiger partial charge in [0.15, 0.2) is 5.79 Å². The molecule has 0 saturated carbocycles. The van der Waals surface area contributed by atoms with Gasteiger partial charge in [0.25, 0.3) is 0 Å². The molecule has 1 saturated heterocycles. The molecule has 104 valence electrons. The third-order valence-electron chi connectivity index (χ3n) is 2.87. The van der Waals surface area contributed by atoms with Crippen LogP contribution >= 0.6 is 0 Å². The second-order valence-electron chi connectivity index (χ2n) is 5.10. The van der Waals surface area contributed by atoms with Gasteiger partial charge in [0, 0.05) is 6.54 Å². The number of carbonyl (C=O) groups is 1. The van der Waals surface area contributed by atoms with Crippen LogP contribution in [0.1, 0.15) is 19.4 Å². The number of rotatable bonds is 4. The zero-order chi connectivity index (χ0) is 13.9. The summed E-state index contributed by atoms with van der Waals surface area (Å²) in [6.45, 7) is 4.61. The Morgan fingerprint density at radius 1 is 1.53 bits per heavy atom. The van der Waals surface area contributed by atoms with Crippen molar-refractivity contribution in [3.05, 3.63) is 29.8 Å². The lowest BCUT2D eigenvalue weighted by molar-refractivity contribution is -0.139. The number of nitrogens with one attached hydrogen (secondary N) is 1. The molecule has 1 aliphatic heterocycles. The van der Waals surface area contributed by atoms with Gasteiger partial charge in [-0.3, -0.25) is 4.79 Å². The summed E-state index contributed by atoms with van der Waals surface area (Å²) in [7, 11) is 0. The van der Waals surface area contributed by atoms with Crippen LogP contribution in [0.3, 0.4) is 0 Å². The Balaban J connectivity index is 1.76. The highest BCUT2D eigenvalue weighted by molar-refractivity contribution is 5.78. The van der Waals surface area contributed by atoms with E-state index in [1.807, 2.05) is 13.8 Å². The molecule has 0 radical (unpaired) electrons. The predicted molar refractivity (Wildman–Crippen MR) is 69.7 cm³/mol. The molecule has 1 amide bonds. The SMILES string of the molecule is CC1(C)OCC(CNC(=O)Cc2cccc(O)c2)O1. The van der Waals surface area contributed by atoms with Crippen LogP contribution in [0.25, 0.3) is 0 Å². The molecule has 5 nitrogen and oxygen atoms in total. The van der Waals surface area contributed by atoms with Gasteiger partial charge in [-0.1, -0.05) is 12.1 Å². The number of carbonyl (C=O) groups excluding carboxylic acids is 1. The number of aromatic hydroxyl groups is 1. The highest BCUT2D eigenvalue weighted by Crippen LogP contribution is 2.21. The van der Waals surface area contributed by atoms with Crippen LogP contribution in [0.2, 0.25) is 0 Å². The third-order valence-corrected chi connectivity index (χ3v) is 2.87. The molecular weight excluding hydrogens is 246 g/mol. The van der Waals surface area contributed by atoms with E-state index in [1.165, 1.54) is 0 Å². The zero-order valence-corrected chi connectivity index (χ0v) is 11.2. The topological polar surface area (TPSA) is 67.8 Å². The minimum absolute atomic E-state index is 0.0982. The van der Waals surface area contributed by atoms with E-state index >= 15 is 0 Å². The number of amides is 1. The number of ether oxygens (including phenoxy) is 2. The van der Waals surface area contributed by atoms with Crippen LogP contribution in [0, 0.1) is 0 Å². The minimum Gasteiger partial charge on any atom is -0.508 e. The molecule has 1 aliphatic rings. The summed E-state index contributed by atoms with van der Waals surface area (Å²) in [5, 5.41) is 12.1. The van der Waals surface area contributed by atoms with Gasteiger partial charge in [-0.05, 0) is 31.5 Å². The maximum Gasteiger partial charge on any atom is 0.224 e. The minimum atomic E-state index is -0.569. The average Bonchev–Trinajstić information content (AvgIpc) is 2.66. The standard InChI is InChI=1S/C14H19NO4/c1-14(2)18-9-12(19-14)8-15-13(17)7-10-4-3-5-11(16)6-10/h3-6,12,16H,7-9H2,1-2H3,(H,15,17). The quantitative estimate of drug-likeness (QED) is 0.858. The molecule has 19 heavy (non-hydrogen) atoms. The number of hydrogen-bond donors (Lipinski definition) is 2. The van der Waals surface area contributed by atoms with Gasteiger partial charge in [-0.15, -0.1) is 0 Å². The zero-order valence-electron chi connectivity index (χ0n) is 11.2. The van der Waals surface area contributed by atoms with Gasteiger partial charge in [-0.25, -0.2) is 0 Å². The van der Waals surface area contributed by atoms with Gasteiger partial charge in [0.1, 0.15) is 11.9 Å². The lowest BCUT2D eigenvalue weighted by atomic mass is 10.1. The van der Waals surface area contributed by atoms with Crippen LogP contribution in [0.5, 0.6) is 5.75 Å². The number of phenols is 1. The van der Waals surface area contributed by atoms with Crippen LogP contribution in [-0.2, 0) is 20.7 Å². The first kappa shape index (κ1) is 13.8. The Morgan fingerprint density at radius 3 is 2.95 bits per heavy atom. The van der Waals surface area contributed by atoms with Crippen molar-refractivity contribution in [1.29, 1.82) is 0 Å². The van der Waals surface area contributed by atoms with E-state index in [1.54, 1.807) is 24.3 Å². The Labute approximate surface area is 112 Å². The van der Waals surface area contributed by atoms with Gasteiger partial charge >= 0.3 is 0 Å². The molecule has 0 aromatic heterocycles. The largest absolute Gasteiger partial charge is 0.508 e. The van der Waals surface area contributed by atoms with E-state index in [9.17, 15) is 9.90 Å². The van der Waals surface area contributed by atoms with Crippen molar-refractivity contribution in [3.8, 4) is 5.75 Å². The van der Waals surface area contributed by atoms with Crippen LogP contribution < -0.4 is 5.32 Å². The van der Waals surface area contributed by atoms with Gasteiger partial charge in [-0.2, -0.15) is 0 Å². The molecule has 1 heterocycles. The first-order chi connectivity index (χ1) is 8.94. The Hall–Kier alpha value is -1.59. The van der Waals surface area contributed by atoms with Crippen molar-refractivity contribution in [3.63, 3.8) is 0 Å². The van der Waals surface area contributed by atoms with E-state index in [0.29, 0.717) is 13.2 Å². The maximum atomic E-state index is 11.8. The molecule has 2 N–H and O–H groups in total. The van der Waals surface area contributed by atoms with Crippen molar-refractivity contribution in [2.75, 3.05) is 13.2 Å². The Bertz CT molecular complexity index is 459. The first-order valence-electron chi connectivity index (χ1n) is 6.31. The molecule has 5 heteroatoms. The molecule has 1 aromatic rings. The van der Waals surface area contributed by atoms with Gasteiger partial charge in [0.2, 0.25) is 5.91 Å². The van der Waals surface area contributed by atoms with Gasteiger partial charge < -0.3 is 19.9 Å². The molecule has 1 atom stereocenters. The van der Waals surface area contributed by atoms with Crippen molar-refractivity contribution in [2.45, 2.75) is 32.2 Å². The first-order valence-corrected chi connectivity index (χ1v) is 6.31. The fraction of sp³-hybridized carbons (Fsp3) is 0.500. The summed E-state index contributed by atoms with van der Waals surface area (Å²) >= 11 is 0. The summed E-state index contributed by atoms with van der Waals surface area (Å²) in [6.07, 6.45) is 0.133. The maximum absolute atomic E-state index is 11.8. The predicted octanol–water partition coefficient (Wildman–Crippen LogP) is 1.20. The summed E-state index contributed by atoms with van der Waals surface area (Å²) in [6, 6.07) is 6.68.